The second kappa shape index (κ2) is 5.55. The van der Waals surface area contributed by atoms with Crippen LogP contribution in [0.25, 0.3) is 0 Å². The van der Waals surface area contributed by atoms with E-state index in [1.165, 1.54) is 12.8 Å². The van der Waals surface area contributed by atoms with Crippen LogP contribution in [0.4, 0.5) is 5.82 Å². The third-order valence-corrected chi connectivity index (χ3v) is 3.55. The van der Waals surface area contributed by atoms with Crippen molar-refractivity contribution in [3.63, 3.8) is 0 Å². The van der Waals surface area contributed by atoms with Crippen LogP contribution in [0.2, 0.25) is 5.15 Å². The van der Waals surface area contributed by atoms with Gasteiger partial charge in [-0.25, -0.2) is 4.98 Å². The summed E-state index contributed by atoms with van der Waals surface area (Å²) >= 11 is 5.86. The highest BCUT2D eigenvalue weighted by Gasteiger charge is 2.41. The molecule has 1 heterocycles. The number of halogens is 1. The zero-order valence-electron chi connectivity index (χ0n) is 10.4. The molecule has 5 heteroatoms. The number of pyridine rings is 1. The Morgan fingerprint density at radius 1 is 1.56 bits per heavy atom. The molecule has 0 aromatic carbocycles. The van der Waals surface area contributed by atoms with Gasteiger partial charge in [0.1, 0.15) is 11.0 Å². The van der Waals surface area contributed by atoms with E-state index in [-0.39, 0.29) is 0 Å². The lowest BCUT2D eigenvalue weighted by Gasteiger charge is -2.16. The molecular weight excluding hydrogens is 250 g/mol. The molecule has 1 aliphatic carbocycles. The van der Waals surface area contributed by atoms with Gasteiger partial charge in [0, 0.05) is 20.3 Å². The van der Waals surface area contributed by atoms with Gasteiger partial charge in [-0.15, -0.1) is 0 Å². The Morgan fingerprint density at radius 2 is 2.33 bits per heavy atom. The topological polar surface area (TPSA) is 57.9 Å². The maximum absolute atomic E-state index is 8.86. The summed E-state index contributed by atoms with van der Waals surface area (Å²) in [6.45, 7) is 1.64. The van der Waals surface area contributed by atoms with Crippen LogP contribution in [-0.2, 0) is 4.74 Å². The van der Waals surface area contributed by atoms with Gasteiger partial charge in [0.2, 0.25) is 0 Å². The van der Waals surface area contributed by atoms with Gasteiger partial charge < -0.3 is 10.1 Å². The number of methoxy groups -OCH3 is 1. The summed E-state index contributed by atoms with van der Waals surface area (Å²) in [5, 5.41) is 12.5. The second-order valence-electron chi connectivity index (χ2n) is 4.77. The number of nitrogens with zero attached hydrogens (tertiary/aromatic N) is 2. The monoisotopic (exact) mass is 265 g/mol. The van der Waals surface area contributed by atoms with Crippen LogP contribution in [0.15, 0.2) is 12.1 Å². The van der Waals surface area contributed by atoms with Crippen molar-refractivity contribution in [2.45, 2.75) is 19.3 Å². The van der Waals surface area contributed by atoms with E-state index in [0.717, 1.165) is 19.6 Å². The molecule has 1 aliphatic rings. The van der Waals surface area contributed by atoms with E-state index < -0.39 is 0 Å². The van der Waals surface area contributed by atoms with Crippen molar-refractivity contribution >= 4 is 17.4 Å². The molecule has 1 aromatic heterocycles. The van der Waals surface area contributed by atoms with Crippen LogP contribution in [0.5, 0.6) is 0 Å². The molecule has 0 saturated heterocycles. The summed E-state index contributed by atoms with van der Waals surface area (Å²) in [6, 6.07) is 5.35. The maximum atomic E-state index is 8.86. The predicted octanol–water partition coefficient (Wildman–Crippen LogP) is 2.84. The van der Waals surface area contributed by atoms with Gasteiger partial charge in [0.25, 0.3) is 0 Å². The van der Waals surface area contributed by atoms with Crippen LogP contribution in [0.1, 0.15) is 24.8 Å². The van der Waals surface area contributed by atoms with E-state index >= 15 is 0 Å². The lowest BCUT2D eigenvalue weighted by atomic mass is 10.0. The molecule has 96 valence electrons. The molecule has 0 spiro atoms. The van der Waals surface area contributed by atoms with Crippen LogP contribution in [-0.4, -0.2) is 25.2 Å². The van der Waals surface area contributed by atoms with Crippen molar-refractivity contribution in [2.24, 2.45) is 5.41 Å². The van der Waals surface area contributed by atoms with E-state index in [2.05, 4.69) is 16.4 Å². The van der Waals surface area contributed by atoms with Crippen molar-refractivity contribution in [1.29, 1.82) is 5.26 Å². The Bertz CT molecular complexity index is 466. The van der Waals surface area contributed by atoms with Gasteiger partial charge in [-0.05, 0) is 36.8 Å². The standard InChI is InChI=1S/C13H16ClN3O/c1-18-5-4-13(2-3-13)9-16-12-7-10(8-15)6-11(14)17-12/h6-7H,2-5,9H2,1H3,(H,16,17). The normalized spacial score (nSPS) is 16.1. The molecule has 0 radical (unpaired) electrons. The highest BCUT2D eigenvalue weighted by Crippen LogP contribution is 2.48. The molecule has 0 bridgehead atoms. The second-order valence-corrected chi connectivity index (χ2v) is 5.16. The fourth-order valence-corrected chi connectivity index (χ4v) is 2.15. The lowest BCUT2D eigenvalue weighted by molar-refractivity contribution is 0.175. The van der Waals surface area contributed by atoms with Gasteiger partial charge in [0.15, 0.2) is 0 Å². The maximum Gasteiger partial charge on any atom is 0.132 e. The van der Waals surface area contributed by atoms with Crippen LogP contribution < -0.4 is 5.32 Å². The van der Waals surface area contributed by atoms with Crippen molar-refractivity contribution in [2.75, 3.05) is 25.6 Å². The van der Waals surface area contributed by atoms with Gasteiger partial charge in [0.05, 0.1) is 11.6 Å². The fourth-order valence-electron chi connectivity index (χ4n) is 1.94. The summed E-state index contributed by atoms with van der Waals surface area (Å²) < 4.78 is 5.12. The van der Waals surface area contributed by atoms with Crippen molar-refractivity contribution in [1.82, 2.24) is 4.98 Å². The first kappa shape index (κ1) is 13.1. The number of nitriles is 1. The first-order valence-corrected chi connectivity index (χ1v) is 6.36. The quantitative estimate of drug-likeness (QED) is 0.804. The number of nitrogens with one attached hydrogen (secondary N) is 1. The van der Waals surface area contributed by atoms with E-state index in [1.807, 2.05) is 0 Å². The zero-order chi connectivity index (χ0) is 13.0. The van der Waals surface area contributed by atoms with Crippen molar-refractivity contribution in [3.05, 3.63) is 22.8 Å². The predicted molar refractivity (Wildman–Crippen MR) is 70.6 cm³/mol. The third kappa shape index (κ3) is 3.34. The van der Waals surface area contributed by atoms with E-state index in [4.69, 9.17) is 21.6 Å². The molecule has 1 fully saturated rings. The molecule has 1 N–H and O–H groups in total. The fraction of sp³-hybridized carbons (Fsp3) is 0.538. The van der Waals surface area contributed by atoms with E-state index in [1.54, 1.807) is 19.2 Å². The highest BCUT2D eigenvalue weighted by atomic mass is 35.5. The summed E-state index contributed by atoms with van der Waals surface area (Å²) in [5.74, 6) is 0.669. The zero-order valence-corrected chi connectivity index (χ0v) is 11.1. The Kier molecular flexibility index (Phi) is 4.05. The third-order valence-electron chi connectivity index (χ3n) is 3.36. The average molecular weight is 266 g/mol. The highest BCUT2D eigenvalue weighted by molar-refractivity contribution is 6.29. The number of hydrogen-bond donors (Lipinski definition) is 1. The number of ether oxygens (including phenoxy) is 1. The first-order valence-electron chi connectivity index (χ1n) is 5.98. The van der Waals surface area contributed by atoms with Crippen LogP contribution in [0, 0.1) is 16.7 Å². The molecule has 2 rings (SSSR count). The molecule has 18 heavy (non-hydrogen) atoms. The minimum absolute atomic E-state index is 0.340. The molecule has 1 aromatic rings. The Labute approximate surface area is 112 Å². The number of rotatable bonds is 6. The van der Waals surface area contributed by atoms with E-state index in [0.29, 0.717) is 21.9 Å². The van der Waals surface area contributed by atoms with Gasteiger partial charge in [-0.2, -0.15) is 5.26 Å². The van der Waals surface area contributed by atoms with Crippen molar-refractivity contribution in [3.8, 4) is 6.07 Å². The van der Waals surface area contributed by atoms with E-state index in [9.17, 15) is 0 Å². The largest absolute Gasteiger partial charge is 0.385 e. The number of aromatic nitrogens is 1. The molecule has 1 saturated carbocycles. The number of hydrogen-bond acceptors (Lipinski definition) is 4. The minimum atomic E-state index is 0.340. The lowest BCUT2D eigenvalue weighted by Crippen LogP contribution is -2.18. The Hall–Kier alpha value is -1.31. The summed E-state index contributed by atoms with van der Waals surface area (Å²) in [5.41, 5.74) is 0.867. The smallest absolute Gasteiger partial charge is 0.132 e. The van der Waals surface area contributed by atoms with Crippen molar-refractivity contribution < 1.29 is 4.74 Å². The molecular formula is C13H16ClN3O. The first-order chi connectivity index (χ1) is 8.67. The van der Waals surface area contributed by atoms with Crippen LogP contribution >= 0.6 is 11.6 Å². The Morgan fingerprint density at radius 3 is 2.94 bits per heavy atom. The van der Waals surface area contributed by atoms with Gasteiger partial charge in [-0.1, -0.05) is 11.6 Å². The average Bonchev–Trinajstić information content (AvgIpc) is 3.14. The minimum Gasteiger partial charge on any atom is -0.385 e. The van der Waals surface area contributed by atoms with Gasteiger partial charge in [-0.3, -0.25) is 0 Å². The molecule has 0 aliphatic heterocycles. The summed E-state index contributed by atoms with van der Waals surface area (Å²) in [4.78, 5) is 4.16. The number of anilines is 1. The SMILES string of the molecule is COCCC1(CNc2cc(C#N)cc(Cl)n2)CC1. The molecule has 0 unspecified atom stereocenters. The Balaban J connectivity index is 1.94. The molecule has 0 amide bonds. The summed E-state index contributed by atoms with van der Waals surface area (Å²) in [7, 11) is 1.72. The summed E-state index contributed by atoms with van der Waals surface area (Å²) in [6.07, 6.45) is 3.49. The molecule has 0 atom stereocenters. The van der Waals surface area contributed by atoms with Crippen LogP contribution in [0.3, 0.4) is 0 Å². The van der Waals surface area contributed by atoms with Gasteiger partial charge >= 0.3 is 0 Å². The molecule has 4 nitrogen and oxygen atoms in total.